The summed E-state index contributed by atoms with van der Waals surface area (Å²) in [6.07, 6.45) is -11.8. The Balaban J connectivity index is 1.57. The number of aromatic amines is 2. The Labute approximate surface area is 363 Å². The summed E-state index contributed by atoms with van der Waals surface area (Å²) in [5.74, 6) is -41.6. The molecule has 350 valence electrons. The van der Waals surface area contributed by atoms with Gasteiger partial charge in [0, 0.05) is 55.5 Å². The number of nitrogens with one attached hydrogen (secondary N) is 2. The van der Waals surface area contributed by atoms with Crippen LogP contribution in [0.25, 0.3) is 79.8 Å². The van der Waals surface area contributed by atoms with E-state index in [2.05, 4.69) is 19.9 Å². The number of alkyl halides is 4. The standard InChI is InChI=1S/C44H14F20N4/c45-25-21(26(46)34(54)41(61)33(25)53)17-9-1-2-10(65-9)18(22-27(47)35(55)42(62)36(56)28(22)48)12-5-6-14(67-12)20(24-31(51)39(59)44(64)40(60)32(24)52)16-8-7-15(68-16)19(13-4-3-11(17)66-13)23-29(49)37(57)43(63)38(58)30(23)50/h1-8,25,31,33,39,65,68H/t25-,31-,33-,39-/m0/s1. The van der Waals surface area contributed by atoms with Crippen LogP contribution in [0.15, 0.2) is 59.2 Å². The highest BCUT2D eigenvalue weighted by Crippen LogP contribution is 2.48. The number of hydrogen-bond donors (Lipinski definition) is 2. The van der Waals surface area contributed by atoms with E-state index >= 15 is 43.9 Å². The Kier molecular flexibility index (Phi) is 10.9. The van der Waals surface area contributed by atoms with Gasteiger partial charge in [-0.25, -0.2) is 97.8 Å². The van der Waals surface area contributed by atoms with E-state index in [1.165, 1.54) is 0 Å². The van der Waals surface area contributed by atoms with Gasteiger partial charge < -0.3 is 9.97 Å². The van der Waals surface area contributed by atoms with Crippen LogP contribution < -0.4 is 0 Å². The van der Waals surface area contributed by atoms with Crippen LogP contribution in [0.5, 0.6) is 0 Å². The summed E-state index contributed by atoms with van der Waals surface area (Å²) >= 11 is 0. The van der Waals surface area contributed by atoms with Gasteiger partial charge in [-0.05, 0) is 48.6 Å². The molecule has 5 aromatic rings. The first-order valence-electron chi connectivity index (χ1n) is 18.8. The molecule has 0 amide bonds. The van der Waals surface area contributed by atoms with Crippen LogP contribution in [0.3, 0.4) is 0 Å². The van der Waals surface area contributed by atoms with Gasteiger partial charge in [0.05, 0.1) is 33.9 Å². The maximum Gasteiger partial charge on any atom is 0.200 e. The second kappa shape index (κ2) is 16.1. The van der Waals surface area contributed by atoms with Crippen LogP contribution in [0.1, 0.15) is 33.9 Å². The van der Waals surface area contributed by atoms with E-state index in [0.29, 0.717) is 48.6 Å². The molecule has 2 N–H and O–H groups in total. The minimum Gasteiger partial charge on any atom is -0.354 e. The highest BCUT2D eigenvalue weighted by atomic mass is 19.2. The fourth-order valence-electron chi connectivity index (χ4n) is 7.92. The van der Waals surface area contributed by atoms with Crippen molar-refractivity contribution in [2.24, 2.45) is 0 Å². The number of hydrogen-bond acceptors (Lipinski definition) is 2. The van der Waals surface area contributed by atoms with Crippen LogP contribution >= 0.6 is 0 Å². The van der Waals surface area contributed by atoms with E-state index in [0.717, 1.165) is 0 Å². The molecule has 24 heteroatoms. The van der Waals surface area contributed by atoms with Gasteiger partial charge >= 0.3 is 0 Å². The molecular formula is C44H14F20N4. The van der Waals surface area contributed by atoms with Gasteiger partial charge in [0.15, 0.2) is 106 Å². The molecule has 0 spiro atoms. The van der Waals surface area contributed by atoms with Crippen LogP contribution in [-0.4, -0.2) is 44.6 Å². The molecule has 2 aliphatic heterocycles. The molecule has 2 aromatic carbocycles. The third-order valence-corrected chi connectivity index (χ3v) is 11.0. The SMILES string of the molecule is FC1=C(F)[C@@H](F)[C@@H](F)C(c2c3nc(c(-c4c(F)c(F)c(F)c(F)c4F)c4ccc([nH]4)c(C4=C(F)C(F)=C(F)[C@@H](F)[C@H]4F)c4nc(c(-c5c(F)c(F)c(F)c(F)c5F)c5ccc2[nH]5)C=C4)C=C3)=C1F. The van der Waals surface area contributed by atoms with E-state index in [4.69, 9.17) is 0 Å². The Hall–Kier alpha value is -7.40. The molecule has 0 fully saturated rings. The molecule has 5 heterocycles. The summed E-state index contributed by atoms with van der Waals surface area (Å²) in [5, 5.41) is 0. The van der Waals surface area contributed by atoms with Crippen molar-refractivity contribution < 1.29 is 87.8 Å². The van der Waals surface area contributed by atoms with Crippen molar-refractivity contribution in [3.63, 3.8) is 0 Å². The van der Waals surface area contributed by atoms with Crippen LogP contribution in [-0.2, 0) is 0 Å². The lowest BCUT2D eigenvalue weighted by Crippen LogP contribution is -2.25. The van der Waals surface area contributed by atoms with Crippen molar-refractivity contribution in [3.05, 3.63) is 151 Å². The molecule has 0 unspecified atom stereocenters. The first-order valence-corrected chi connectivity index (χ1v) is 18.8. The van der Waals surface area contributed by atoms with E-state index in [1.807, 2.05) is 0 Å². The zero-order valence-corrected chi connectivity index (χ0v) is 32.4. The maximum atomic E-state index is 15.9. The normalized spacial score (nSPS) is 19.7. The zero-order chi connectivity index (χ0) is 49.3. The van der Waals surface area contributed by atoms with Crippen molar-refractivity contribution in [1.29, 1.82) is 0 Å². The van der Waals surface area contributed by atoms with E-state index in [9.17, 15) is 43.9 Å². The molecule has 2 aliphatic carbocycles. The fraction of sp³-hybridized carbons (Fsp3) is 0.0909. The van der Waals surface area contributed by atoms with E-state index < -0.39 is 207 Å². The van der Waals surface area contributed by atoms with Gasteiger partial charge in [-0.2, -0.15) is 0 Å². The van der Waals surface area contributed by atoms with Gasteiger partial charge in [0.25, 0.3) is 0 Å². The molecule has 8 bridgehead atoms. The summed E-state index contributed by atoms with van der Waals surface area (Å²) in [4.78, 5) is 12.4. The fourth-order valence-corrected chi connectivity index (χ4v) is 7.92. The number of halogens is 20. The number of aromatic nitrogens is 4. The molecule has 9 rings (SSSR count). The Bertz CT molecular complexity index is 3220. The number of allylic oxidation sites excluding steroid dienone is 8. The topological polar surface area (TPSA) is 57.4 Å². The summed E-state index contributed by atoms with van der Waals surface area (Å²) in [6, 6.07) is 2.62. The predicted octanol–water partition coefficient (Wildman–Crippen LogP) is 14.4. The monoisotopic (exact) mass is 978 g/mol. The van der Waals surface area contributed by atoms with Crippen LogP contribution in [0.2, 0.25) is 0 Å². The second-order valence-corrected chi connectivity index (χ2v) is 14.8. The quantitative estimate of drug-likeness (QED) is 0.105. The molecule has 0 saturated heterocycles. The third kappa shape index (κ3) is 6.53. The summed E-state index contributed by atoms with van der Waals surface area (Å²) in [5.41, 5.74) is -19.7. The maximum absolute atomic E-state index is 15.9. The zero-order valence-electron chi connectivity index (χ0n) is 32.4. The van der Waals surface area contributed by atoms with Crippen molar-refractivity contribution in [2.45, 2.75) is 24.7 Å². The predicted molar refractivity (Wildman–Crippen MR) is 203 cm³/mol. The van der Waals surface area contributed by atoms with Crippen molar-refractivity contribution in [2.75, 3.05) is 0 Å². The van der Waals surface area contributed by atoms with Crippen LogP contribution in [0.4, 0.5) is 87.8 Å². The molecule has 4 nitrogen and oxygen atoms in total. The first kappa shape index (κ1) is 45.7. The molecule has 0 radical (unpaired) electrons. The van der Waals surface area contributed by atoms with Gasteiger partial charge in [0.1, 0.15) is 0 Å². The highest BCUT2D eigenvalue weighted by molar-refractivity contribution is 6.00. The molecule has 68 heavy (non-hydrogen) atoms. The van der Waals surface area contributed by atoms with E-state index in [1.54, 1.807) is 0 Å². The summed E-state index contributed by atoms with van der Waals surface area (Å²) < 4.78 is 304. The average Bonchev–Trinajstić information content (AvgIpc) is 4.18. The Morgan fingerprint density at radius 1 is 0.294 bits per heavy atom. The first-order chi connectivity index (χ1) is 32.1. The Morgan fingerprint density at radius 2 is 0.544 bits per heavy atom. The number of nitrogens with zero attached hydrogens (tertiary/aromatic N) is 2. The largest absolute Gasteiger partial charge is 0.354 e. The number of H-pyrrole nitrogens is 2. The van der Waals surface area contributed by atoms with Crippen molar-refractivity contribution in [3.8, 4) is 22.3 Å². The lowest BCUT2D eigenvalue weighted by atomic mass is 9.91. The van der Waals surface area contributed by atoms with Gasteiger partial charge in [-0.3, -0.25) is 0 Å². The molecular weight excluding hydrogens is 964 g/mol. The Morgan fingerprint density at radius 3 is 0.838 bits per heavy atom. The minimum absolute atomic E-state index is 0.624. The molecule has 4 aliphatic rings. The molecule has 0 saturated carbocycles. The lowest BCUT2D eigenvalue weighted by molar-refractivity contribution is 0.201. The summed E-state index contributed by atoms with van der Waals surface area (Å²) in [7, 11) is 0. The summed E-state index contributed by atoms with van der Waals surface area (Å²) in [6.45, 7) is 0. The highest BCUT2D eigenvalue weighted by Gasteiger charge is 2.44. The average molecular weight is 979 g/mol. The third-order valence-electron chi connectivity index (χ3n) is 11.0. The molecule has 3 aromatic heterocycles. The van der Waals surface area contributed by atoms with E-state index in [-0.39, 0.29) is 0 Å². The smallest absolute Gasteiger partial charge is 0.200 e. The molecule has 4 atom stereocenters. The number of fused-ring (bicyclic) bond motifs is 8. The van der Waals surface area contributed by atoms with Crippen LogP contribution in [0, 0.1) is 58.2 Å². The van der Waals surface area contributed by atoms with Gasteiger partial charge in [0.2, 0.25) is 11.6 Å². The minimum atomic E-state index is -3.62. The lowest BCUT2D eigenvalue weighted by Gasteiger charge is -2.22. The van der Waals surface area contributed by atoms with Gasteiger partial charge in [-0.1, -0.05) is 0 Å². The van der Waals surface area contributed by atoms with Crippen molar-refractivity contribution in [1.82, 2.24) is 19.9 Å². The number of rotatable bonds is 4. The van der Waals surface area contributed by atoms with Crippen molar-refractivity contribution >= 4 is 57.5 Å². The van der Waals surface area contributed by atoms with Gasteiger partial charge in [-0.15, -0.1) is 0 Å². The second-order valence-electron chi connectivity index (χ2n) is 14.8. The number of benzene rings is 2.